The van der Waals surface area contributed by atoms with Crippen LogP contribution in [0, 0.1) is 5.92 Å². The number of aromatic amines is 1. The van der Waals surface area contributed by atoms with Crippen LogP contribution in [0.25, 0.3) is 0 Å². The Bertz CT molecular complexity index is 1670. The SMILES string of the molecule is CCOc1cc(C2c3sc(=O)[nH]c3SC3C(=O)N(c4ccccc4)C(=O)C32)ccc1OCC(=O)Nc1ccccc1. The van der Waals surface area contributed by atoms with Crippen molar-refractivity contribution in [3.8, 4) is 11.5 Å². The van der Waals surface area contributed by atoms with Gasteiger partial charge in [0, 0.05) is 16.5 Å². The highest BCUT2D eigenvalue weighted by Crippen LogP contribution is 2.53. The van der Waals surface area contributed by atoms with Gasteiger partial charge in [-0.1, -0.05) is 65.6 Å². The molecule has 4 aromatic rings. The molecule has 0 bridgehead atoms. The van der Waals surface area contributed by atoms with Gasteiger partial charge in [-0.2, -0.15) is 0 Å². The second-order valence-electron chi connectivity index (χ2n) is 9.44. The number of rotatable bonds is 8. The fraction of sp³-hybridized carbons (Fsp3) is 0.200. The Morgan fingerprint density at radius 3 is 2.39 bits per heavy atom. The Labute approximate surface area is 243 Å². The number of H-pyrrole nitrogens is 1. The number of anilines is 2. The minimum Gasteiger partial charge on any atom is -0.490 e. The summed E-state index contributed by atoms with van der Waals surface area (Å²) >= 11 is 2.27. The number of carbonyl (C=O) groups is 3. The zero-order valence-electron chi connectivity index (χ0n) is 21.9. The Morgan fingerprint density at radius 2 is 1.66 bits per heavy atom. The van der Waals surface area contributed by atoms with Gasteiger partial charge in [0.1, 0.15) is 5.25 Å². The molecule has 41 heavy (non-hydrogen) atoms. The summed E-state index contributed by atoms with van der Waals surface area (Å²) < 4.78 is 11.7. The molecule has 2 aliphatic heterocycles. The van der Waals surface area contributed by atoms with Gasteiger partial charge in [-0.3, -0.25) is 19.2 Å². The summed E-state index contributed by atoms with van der Waals surface area (Å²) in [5, 5.41) is 2.68. The molecule has 0 radical (unpaired) electrons. The van der Waals surface area contributed by atoms with Crippen LogP contribution in [0.5, 0.6) is 11.5 Å². The summed E-state index contributed by atoms with van der Waals surface area (Å²) in [5.41, 5.74) is 1.88. The molecule has 0 aliphatic carbocycles. The maximum Gasteiger partial charge on any atom is 0.305 e. The molecule has 3 atom stereocenters. The third-order valence-corrected chi connectivity index (χ3v) is 9.28. The van der Waals surface area contributed by atoms with Crippen LogP contribution in [0.3, 0.4) is 0 Å². The Kier molecular flexibility index (Phi) is 7.38. The second kappa shape index (κ2) is 11.3. The zero-order valence-corrected chi connectivity index (χ0v) is 23.5. The van der Waals surface area contributed by atoms with Crippen LogP contribution in [-0.4, -0.2) is 41.2 Å². The molecule has 0 saturated carbocycles. The molecule has 3 amide bonds. The van der Waals surface area contributed by atoms with Gasteiger partial charge in [0.25, 0.3) is 5.91 Å². The number of amides is 3. The number of hydrogen-bond donors (Lipinski definition) is 2. The number of carbonyl (C=O) groups excluding carboxylic acids is 3. The van der Waals surface area contributed by atoms with Crippen molar-refractivity contribution in [3.05, 3.63) is 99.0 Å². The third kappa shape index (κ3) is 5.14. The molecule has 1 saturated heterocycles. The van der Waals surface area contributed by atoms with Crippen LogP contribution < -0.4 is 24.6 Å². The number of nitrogens with one attached hydrogen (secondary N) is 2. The van der Waals surface area contributed by atoms with E-state index in [9.17, 15) is 19.2 Å². The van der Waals surface area contributed by atoms with Gasteiger partial charge >= 0.3 is 4.87 Å². The first-order valence-electron chi connectivity index (χ1n) is 13.0. The van der Waals surface area contributed by atoms with Crippen molar-refractivity contribution in [1.82, 2.24) is 4.98 Å². The molecule has 0 spiro atoms. The molecular formula is C30H25N3O6S2. The fourth-order valence-corrected chi connectivity index (χ4v) is 7.69. The molecule has 3 aromatic carbocycles. The van der Waals surface area contributed by atoms with Gasteiger partial charge in [0.2, 0.25) is 11.8 Å². The maximum atomic E-state index is 13.9. The molecule has 208 valence electrons. The summed E-state index contributed by atoms with van der Waals surface area (Å²) in [4.78, 5) is 56.8. The molecule has 11 heteroatoms. The van der Waals surface area contributed by atoms with E-state index in [2.05, 4.69) is 10.3 Å². The molecule has 6 rings (SSSR count). The van der Waals surface area contributed by atoms with Crippen LogP contribution in [-0.2, 0) is 14.4 Å². The van der Waals surface area contributed by atoms with Crippen LogP contribution in [0.4, 0.5) is 11.4 Å². The van der Waals surface area contributed by atoms with Gasteiger partial charge in [0.05, 0.1) is 23.2 Å². The Hall–Kier alpha value is -4.35. The molecule has 3 unspecified atom stereocenters. The fourth-order valence-electron chi connectivity index (χ4n) is 5.18. The van der Waals surface area contributed by atoms with Crippen molar-refractivity contribution in [2.45, 2.75) is 23.1 Å². The third-order valence-electron chi connectivity index (χ3n) is 6.88. The van der Waals surface area contributed by atoms with Crippen molar-refractivity contribution in [1.29, 1.82) is 0 Å². The largest absolute Gasteiger partial charge is 0.490 e. The number of fused-ring (bicyclic) bond motifs is 2. The summed E-state index contributed by atoms with van der Waals surface area (Å²) in [6.45, 7) is 1.94. The van der Waals surface area contributed by atoms with E-state index < -0.39 is 17.1 Å². The Morgan fingerprint density at radius 1 is 0.927 bits per heavy atom. The lowest BCUT2D eigenvalue weighted by atomic mass is 9.83. The van der Waals surface area contributed by atoms with Crippen LogP contribution in [0.15, 0.2) is 88.7 Å². The Balaban J connectivity index is 1.32. The normalized spacial score (nSPS) is 19.4. The van der Waals surface area contributed by atoms with Crippen LogP contribution in [0.1, 0.15) is 23.3 Å². The van der Waals surface area contributed by atoms with Crippen molar-refractivity contribution < 1.29 is 23.9 Å². The van der Waals surface area contributed by atoms with Gasteiger partial charge in [0.15, 0.2) is 18.1 Å². The molecule has 1 aromatic heterocycles. The van der Waals surface area contributed by atoms with Crippen molar-refractivity contribution in [2.75, 3.05) is 23.4 Å². The van der Waals surface area contributed by atoms with Crippen molar-refractivity contribution in [2.24, 2.45) is 5.92 Å². The quantitative estimate of drug-likeness (QED) is 0.288. The first-order chi connectivity index (χ1) is 19.9. The lowest BCUT2D eigenvalue weighted by molar-refractivity contribution is -0.122. The van der Waals surface area contributed by atoms with Gasteiger partial charge < -0.3 is 19.8 Å². The molecule has 2 N–H and O–H groups in total. The number of hydrogen-bond acceptors (Lipinski definition) is 8. The average Bonchev–Trinajstić information content (AvgIpc) is 3.47. The first-order valence-corrected chi connectivity index (χ1v) is 14.7. The summed E-state index contributed by atoms with van der Waals surface area (Å²) in [6.07, 6.45) is 0. The van der Waals surface area contributed by atoms with Crippen LogP contribution in [0.2, 0.25) is 0 Å². The van der Waals surface area contributed by atoms with E-state index in [1.165, 1.54) is 16.7 Å². The number of aromatic nitrogens is 1. The highest BCUT2D eigenvalue weighted by Gasteiger charge is 2.56. The van der Waals surface area contributed by atoms with Gasteiger partial charge in [-0.15, -0.1) is 0 Å². The lowest BCUT2D eigenvalue weighted by Crippen LogP contribution is -2.32. The van der Waals surface area contributed by atoms with E-state index in [0.717, 1.165) is 11.3 Å². The van der Waals surface area contributed by atoms with Gasteiger partial charge in [-0.25, -0.2) is 4.90 Å². The minimum atomic E-state index is -0.718. The monoisotopic (exact) mass is 587 g/mol. The number of benzene rings is 3. The number of thioether (sulfide) groups is 1. The van der Waals surface area contributed by atoms with E-state index in [1.807, 2.05) is 31.2 Å². The number of ether oxygens (including phenoxy) is 2. The van der Waals surface area contributed by atoms with E-state index in [1.54, 1.807) is 54.6 Å². The minimum absolute atomic E-state index is 0.234. The van der Waals surface area contributed by atoms with E-state index in [4.69, 9.17) is 9.47 Å². The highest BCUT2D eigenvalue weighted by molar-refractivity contribution is 8.00. The summed E-state index contributed by atoms with van der Waals surface area (Å²) in [6, 6.07) is 23.2. The molecular weight excluding hydrogens is 562 g/mol. The zero-order chi connectivity index (χ0) is 28.5. The van der Waals surface area contributed by atoms with Crippen molar-refractivity contribution in [3.63, 3.8) is 0 Å². The smallest absolute Gasteiger partial charge is 0.305 e. The van der Waals surface area contributed by atoms with Crippen LogP contribution >= 0.6 is 23.1 Å². The highest BCUT2D eigenvalue weighted by atomic mass is 32.2. The lowest BCUT2D eigenvalue weighted by Gasteiger charge is -2.30. The standard InChI is InChI=1S/C30H25N3O6S2/c1-2-38-21-15-17(13-14-20(21)39-16-22(34)31-18-9-5-3-6-10-18)23-24-26(40-27-25(23)41-30(37)32-27)29(36)33(28(24)35)19-11-7-4-8-12-19/h3-15,23-24,26H,2,16H2,1H3,(H,31,34)(H,32,37). The number of thiazole rings is 1. The number of nitrogens with zero attached hydrogens (tertiary/aromatic N) is 1. The summed E-state index contributed by atoms with van der Waals surface area (Å²) in [7, 11) is 0. The number of para-hydroxylation sites is 2. The number of imide groups is 1. The topological polar surface area (TPSA) is 118 Å². The van der Waals surface area contributed by atoms with Gasteiger partial charge in [-0.05, 0) is 48.9 Å². The maximum absolute atomic E-state index is 13.9. The molecule has 2 aliphatic rings. The predicted molar refractivity (Wildman–Crippen MR) is 157 cm³/mol. The summed E-state index contributed by atoms with van der Waals surface area (Å²) in [5.74, 6) is -1.47. The molecule has 1 fully saturated rings. The van der Waals surface area contributed by atoms with E-state index in [-0.39, 0.29) is 29.2 Å². The second-order valence-corrected chi connectivity index (χ2v) is 11.6. The van der Waals surface area contributed by atoms with E-state index >= 15 is 0 Å². The van der Waals surface area contributed by atoms with Crippen molar-refractivity contribution >= 4 is 52.2 Å². The average molecular weight is 588 g/mol. The molecule has 3 heterocycles. The predicted octanol–water partition coefficient (Wildman–Crippen LogP) is 4.65. The first kappa shape index (κ1) is 26.9. The molecule has 9 nitrogen and oxygen atoms in total. The van der Waals surface area contributed by atoms with E-state index in [0.29, 0.717) is 44.9 Å².